The van der Waals surface area contributed by atoms with Gasteiger partial charge in [0.05, 0.1) is 31.0 Å². The molecule has 10 nitrogen and oxygen atoms in total. The van der Waals surface area contributed by atoms with Crippen LogP contribution in [-0.4, -0.2) is 84.1 Å². The van der Waals surface area contributed by atoms with Gasteiger partial charge in [-0.05, 0) is 50.1 Å². The third kappa shape index (κ3) is 7.98. The smallest absolute Gasteiger partial charge is 0.320 e. The summed E-state index contributed by atoms with van der Waals surface area (Å²) in [4.78, 5) is 37.2. The molecule has 0 unspecified atom stereocenters. The predicted octanol–water partition coefficient (Wildman–Crippen LogP) is 3.76. The van der Waals surface area contributed by atoms with Crippen molar-refractivity contribution in [2.24, 2.45) is 0 Å². The number of hydrogen-bond donors (Lipinski definition) is 2. The summed E-state index contributed by atoms with van der Waals surface area (Å²) < 4.78 is 11.2. The number of carbonyl (C=O) groups excluding carboxylic acids is 2. The van der Waals surface area contributed by atoms with E-state index in [1.807, 2.05) is 50.2 Å². The van der Waals surface area contributed by atoms with Crippen molar-refractivity contribution in [3.8, 4) is 5.75 Å². The lowest BCUT2D eigenvalue weighted by Gasteiger charge is -2.34. The van der Waals surface area contributed by atoms with Crippen LogP contribution in [0.15, 0.2) is 55.4 Å². The average molecular weight is 533 g/mol. The first-order valence-corrected chi connectivity index (χ1v) is 13.2. The van der Waals surface area contributed by atoms with Crippen molar-refractivity contribution in [2.75, 3.05) is 63.1 Å². The Balaban J connectivity index is 1.39. The first-order chi connectivity index (χ1) is 18.9. The zero-order valence-corrected chi connectivity index (χ0v) is 22.6. The molecule has 2 aromatic carbocycles. The van der Waals surface area contributed by atoms with Gasteiger partial charge in [0, 0.05) is 49.9 Å². The molecule has 4 rings (SSSR count). The van der Waals surface area contributed by atoms with Gasteiger partial charge in [-0.1, -0.05) is 18.7 Å². The highest BCUT2D eigenvalue weighted by atomic mass is 16.5. The summed E-state index contributed by atoms with van der Waals surface area (Å²) in [7, 11) is 0. The summed E-state index contributed by atoms with van der Waals surface area (Å²) >= 11 is 0. The molecule has 0 saturated carbocycles. The molecule has 1 fully saturated rings. The fourth-order valence-corrected chi connectivity index (χ4v) is 4.47. The lowest BCUT2D eigenvalue weighted by molar-refractivity contribution is -0.144. The number of esters is 1. The lowest BCUT2D eigenvalue weighted by atomic mass is 10.1. The Morgan fingerprint density at radius 3 is 2.64 bits per heavy atom. The number of fused-ring (bicyclic) bond motifs is 1. The normalized spacial score (nSPS) is 14.1. The third-order valence-corrected chi connectivity index (χ3v) is 6.46. The van der Waals surface area contributed by atoms with Crippen LogP contribution in [-0.2, 0) is 14.3 Å². The molecule has 206 valence electrons. The van der Waals surface area contributed by atoms with Gasteiger partial charge in [0.1, 0.15) is 17.9 Å². The maximum atomic E-state index is 12.2. The van der Waals surface area contributed by atoms with E-state index in [-0.39, 0.29) is 11.9 Å². The monoisotopic (exact) mass is 532 g/mol. The molecular formula is C29H36N6O4. The fourth-order valence-electron chi connectivity index (χ4n) is 4.47. The van der Waals surface area contributed by atoms with Crippen LogP contribution in [0.25, 0.3) is 10.9 Å². The Hall–Kier alpha value is -4.02. The molecule has 0 bridgehead atoms. The number of rotatable bonds is 12. The molecule has 39 heavy (non-hydrogen) atoms. The minimum atomic E-state index is -0.329. The number of carbonyl (C=O) groups is 2. The van der Waals surface area contributed by atoms with Crippen molar-refractivity contribution in [1.82, 2.24) is 19.8 Å². The van der Waals surface area contributed by atoms with E-state index in [0.717, 1.165) is 55.8 Å². The second kappa shape index (κ2) is 13.7. The van der Waals surface area contributed by atoms with Crippen LogP contribution in [0, 0.1) is 6.92 Å². The van der Waals surface area contributed by atoms with E-state index in [2.05, 4.69) is 37.0 Å². The summed E-state index contributed by atoms with van der Waals surface area (Å²) in [6.07, 6.45) is 3.55. The van der Waals surface area contributed by atoms with Crippen LogP contribution < -0.4 is 15.4 Å². The van der Waals surface area contributed by atoms with Gasteiger partial charge < -0.3 is 25.0 Å². The third-order valence-electron chi connectivity index (χ3n) is 6.46. The molecule has 1 aromatic heterocycles. The van der Waals surface area contributed by atoms with E-state index >= 15 is 0 Å². The summed E-state index contributed by atoms with van der Waals surface area (Å²) in [5, 5.41) is 6.96. The van der Waals surface area contributed by atoms with Crippen molar-refractivity contribution in [1.29, 1.82) is 0 Å². The van der Waals surface area contributed by atoms with E-state index in [1.54, 1.807) is 0 Å². The Kier molecular flexibility index (Phi) is 9.82. The van der Waals surface area contributed by atoms with Crippen molar-refractivity contribution in [3.63, 3.8) is 0 Å². The summed E-state index contributed by atoms with van der Waals surface area (Å²) in [6, 6.07) is 11.7. The summed E-state index contributed by atoms with van der Waals surface area (Å²) in [6.45, 7) is 13.0. The number of nitrogens with zero attached hydrogens (tertiary/aromatic N) is 4. The Labute approximate surface area is 229 Å². The first-order valence-electron chi connectivity index (χ1n) is 13.2. The van der Waals surface area contributed by atoms with Gasteiger partial charge in [0.15, 0.2) is 0 Å². The van der Waals surface area contributed by atoms with E-state index in [9.17, 15) is 9.59 Å². The minimum Gasteiger partial charge on any atom is -0.491 e. The van der Waals surface area contributed by atoms with Gasteiger partial charge in [-0.3, -0.25) is 14.5 Å². The molecule has 1 amide bonds. The van der Waals surface area contributed by atoms with Crippen molar-refractivity contribution < 1.29 is 19.1 Å². The minimum absolute atomic E-state index is 0.169. The second-order valence-corrected chi connectivity index (χ2v) is 9.40. The fraction of sp³-hybridized carbons (Fsp3) is 0.379. The number of ether oxygens (including phenoxy) is 2. The first kappa shape index (κ1) is 28.0. The quantitative estimate of drug-likeness (QED) is 0.205. The van der Waals surface area contributed by atoms with Gasteiger partial charge in [-0.2, -0.15) is 0 Å². The molecule has 0 spiro atoms. The highest BCUT2D eigenvalue weighted by Crippen LogP contribution is 2.33. The van der Waals surface area contributed by atoms with Gasteiger partial charge in [0.25, 0.3) is 0 Å². The maximum Gasteiger partial charge on any atom is 0.320 e. The number of nitrogens with one attached hydrogen (secondary N) is 2. The number of benzene rings is 2. The molecule has 10 heteroatoms. The second-order valence-electron chi connectivity index (χ2n) is 9.40. The zero-order chi connectivity index (χ0) is 27.6. The molecular weight excluding hydrogens is 496 g/mol. The number of hydrogen-bond acceptors (Lipinski definition) is 9. The number of anilines is 3. The molecule has 3 aromatic rings. The zero-order valence-electron chi connectivity index (χ0n) is 22.6. The van der Waals surface area contributed by atoms with Crippen LogP contribution in [0.5, 0.6) is 5.75 Å². The molecule has 0 atom stereocenters. The van der Waals surface area contributed by atoms with E-state index in [4.69, 9.17) is 9.47 Å². The van der Waals surface area contributed by atoms with Crippen molar-refractivity contribution in [3.05, 3.63) is 60.9 Å². The van der Waals surface area contributed by atoms with Crippen LogP contribution in [0.2, 0.25) is 0 Å². The Bertz CT molecular complexity index is 1310. The van der Waals surface area contributed by atoms with E-state index in [1.165, 1.54) is 12.4 Å². The predicted molar refractivity (Wildman–Crippen MR) is 152 cm³/mol. The van der Waals surface area contributed by atoms with Crippen molar-refractivity contribution >= 4 is 40.0 Å². The van der Waals surface area contributed by atoms with Gasteiger partial charge in [0.2, 0.25) is 5.91 Å². The van der Waals surface area contributed by atoms with Gasteiger partial charge >= 0.3 is 5.97 Å². The van der Waals surface area contributed by atoms with Crippen molar-refractivity contribution in [2.45, 2.75) is 20.3 Å². The largest absolute Gasteiger partial charge is 0.491 e. The number of amides is 1. The van der Waals surface area contributed by atoms with Gasteiger partial charge in [-0.15, -0.1) is 0 Å². The van der Waals surface area contributed by atoms with Crippen LogP contribution in [0.4, 0.5) is 17.2 Å². The molecule has 1 aliphatic rings. The molecule has 1 saturated heterocycles. The Morgan fingerprint density at radius 1 is 1.10 bits per heavy atom. The summed E-state index contributed by atoms with van der Waals surface area (Å²) in [5.41, 5.74) is 3.27. The highest BCUT2D eigenvalue weighted by Gasteiger charge is 2.19. The molecule has 1 aliphatic heterocycles. The number of aryl methyl sites for hydroxylation is 1. The van der Waals surface area contributed by atoms with E-state index in [0.29, 0.717) is 42.5 Å². The number of piperazine rings is 1. The van der Waals surface area contributed by atoms with Crippen LogP contribution in [0.3, 0.4) is 0 Å². The molecule has 2 N–H and O–H groups in total. The summed E-state index contributed by atoms with van der Waals surface area (Å²) in [5.74, 6) is 0.674. The van der Waals surface area contributed by atoms with E-state index < -0.39 is 0 Å². The molecule has 2 heterocycles. The standard InChI is InChI=1S/C29H36N6O4/c1-4-27(36)33-25-17-23-24(30-20-31-29(23)32-22-9-6-8-21(3)16-22)18-26(25)39-15-7-10-34-11-13-35(14-12-34)19-28(37)38-5-2/h4,6,8-9,16-18,20H,1,5,7,10-15,19H2,2-3H3,(H,33,36)(H,30,31,32). The van der Waals surface area contributed by atoms with Gasteiger partial charge in [-0.25, -0.2) is 9.97 Å². The Morgan fingerprint density at radius 2 is 1.90 bits per heavy atom. The SMILES string of the molecule is C=CC(=O)Nc1cc2c(Nc3cccc(C)c3)ncnc2cc1OCCCN1CCN(CC(=O)OCC)CC1. The highest BCUT2D eigenvalue weighted by molar-refractivity contribution is 6.03. The lowest BCUT2D eigenvalue weighted by Crippen LogP contribution is -2.48. The molecule has 0 radical (unpaired) electrons. The topological polar surface area (TPSA) is 109 Å². The van der Waals surface area contributed by atoms with Crippen LogP contribution >= 0.6 is 0 Å². The number of aromatic nitrogens is 2. The molecule has 0 aliphatic carbocycles. The maximum absolute atomic E-state index is 12.2. The van der Waals surface area contributed by atoms with Crippen LogP contribution in [0.1, 0.15) is 18.9 Å². The average Bonchev–Trinajstić information content (AvgIpc) is 2.92.